The van der Waals surface area contributed by atoms with Crippen molar-refractivity contribution in [2.45, 2.75) is 31.4 Å². The molecule has 0 spiro atoms. The van der Waals surface area contributed by atoms with Gasteiger partial charge >= 0.3 is 5.97 Å². The monoisotopic (exact) mass is 435 g/mol. The van der Waals surface area contributed by atoms with Crippen LogP contribution in [0.25, 0.3) is 0 Å². The zero-order valence-corrected chi connectivity index (χ0v) is 17.8. The van der Waals surface area contributed by atoms with Crippen molar-refractivity contribution < 1.29 is 19.0 Å². The molecule has 3 atom stereocenters. The third-order valence-electron chi connectivity index (χ3n) is 5.63. The van der Waals surface area contributed by atoms with Gasteiger partial charge in [0.15, 0.2) is 0 Å². The first kappa shape index (κ1) is 21.8. The number of ether oxygens (including phenoxy) is 1. The highest BCUT2D eigenvalue weighted by molar-refractivity contribution is 5.70. The van der Waals surface area contributed by atoms with Gasteiger partial charge < -0.3 is 20.5 Å². The summed E-state index contributed by atoms with van der Waals surface area (Å²) in [6, 6.07) is 17.6. The molecule has 2 aromatic carbocycles. The van der Waals surface area contributed by atoms with Crippen molar-refractivity contribution >= 4 is 11.7 Å². The van der Waals surface area contributed by atoms with Crippen LogP contribution in [-0.4, -0.2) is 35.3 Å². The van der Waals surface area contributed by atoms with Crippen molar-refractivity contribution in [3.63, 3.8) is 0 Å². The number of carboxylic acids is 1. The molecule has 0 aliphatic carbocycles. The number of hydrogen-bond donors (Lipinski definition) is 3. The molecule has 1 aliphatic heterocycles. The number of aliphatic carboxylic acids is 1. The molecule has 0 bridgehead atoms. The lowest BCUT2D eigenvalue weighted by Gasteiger charge is -2.33. The van der Waals surface area contributed by atoms with E-state index in [1.165, 1.54) is 12.1 Å². The predicted molar refractivity (Wildman–Crippen MR) is 120 cm³/mol. The van der Waals surface area contributed by atoms with Gasteiger partial charge in [-0.25, -0.2) is 9.37 Å². The van der Waals surface area contributed by atoms with Crippen LogP contribution in [0.4, 0.5) is 10.1 Å². The summed E-state index contributed by atoms with van der Waals surface area (Å²) in [5, 5.41) is 16.0. The van der Waals surface area contributed by atoms with Crippen LogP contribution in [0.2, 0.25) is 0 Å². The maximum absolute atomic E-state index is 14.0. The molecule has 6 nitrogen and oxygen atoms in total. The predicted octanol–water partition coefficient (Wildman–Crippen LogP) is 4.16. The lowest BCUT2D eigenvalue weighted by atomic mass is 9.95. The quantitative estimate of drug-likeness (QED) is 0.493. The number of carbonyl (C=O) groups is 1. The van der Waals surface area contributed by atoms with Crippen LogP contribution in [0, 0.1) is 5.82 Å². The number of halogens is 1. The summed E-state index contributed by atoms with van der Waals surface area (Å²) >= 11 is 0. The Labute approximate surface area is 186 Å². The van der Waals surface area contributed by atoms with Gasteiger partial charge in [-0.3, -0.25) is 4.79 Å². The van der Waals surface area contributed by atoms with Gasteiger partial charge in [-0.2, -0.15) is 0 Å². The van der Waals surface area contributed by atoms with Crippen LogP contribution >= 0.6 is 0 Å². The van der Waals surface area contributed by atoms with E-state index in [2.05, 4.69) is 22.5 Å². The summed E-state index contributed by atoms with van der Waals surface area (Å²) < 4.78 is 20.2. The first-order valence-electron chi connectivity index (χ1n) is 10.6. The van der Waals surface area contributed by atoms with Crippen LogP contribution in [-0.2, 0) is 11.2 Å². The number of benzene rings is 2. The Morgan fingerprint density at radius 1 is 1.22 bits per heavy atom. The minimum Gasteiger partial charge on any atom is -0.481 e. The maximum atomic E-state index is 14.0. The highest BCUT2D eigenvalue weighted by Gasteiger charge is 2.30. The van der Waals surface area contributed by atoms with Crippen molar-refractivity contribution in [2.75, 3.05) is 18.4 Å². The maximum Gasteiger partial charge on any atom is 0.307 e. The van der Waals surface area contributed by atoms with Crippen LogP contribution in [0.15, 0.2) is 66.9 Å². The number of aromatic nitrogens is 1. The SMILES string of the molecule is C[C@@H](CN[C@H](c1cccc(F)c1)[C@H]1CNc2cccnc2O1)c1cccc(CC(=O)O)c1. The number of rotatable bonds is 8. The largest absolute Gasteiger partial charge is 0.481 e. The zero-order valence-electron chi connectivity index (χ0n) is 17.8. The second kappa shape index (κ2) is 9.78. The summed E-state index contributed by atoms with van der Waals surface area (Å²) in [4.78, 5) is 15.3. The summed E-state index contributed by atoms with van der Waals surface area (Å²) in [5.41, 5.74) is 3.45. The number of fused-ring (bicyclic) bond motifs is 1. The topological polar surface area (TPSA) is 83.5 Å². The molecule has 0 saturated carbocycles. The number of pyridine rings is 1. The number of anilines is 1. The van der Waals surface area contributed by atoms with E-state index in [1.54, 1.807) is 12.3 Å². The van der Waals surface area contributed by atoms with E-state index < -0.39 is 5.97 Å². The Morgan fingerprint density at radius 3 is 2.84 bits per heavy atom. The van der Waals surface area contributed by atoms with E-state index in [0.717, 1.165) is 22.4 Å². The third kappa shape index (κ3) is 5.23. The summed E-state index contributed by atoms with van der Waals surface area (Å²) in [6.45, 7) is 3.23. The van der Waals surface area contributed by atoms with E-state index in [0.29, 0.717) is 19.0 Å². The normalized spacial score (nSPS) is 16.9. The molecule has 166 valence electrons. The average molecular weight is 435 g/mol. The molecule has 2 heterocycles. The minimum absolute atomic E-state index is 0.00605. The highest BCUT2D eigenvalue weighted by atomic mass is 19.1. The second-order valence-corrected chi connectivity index (χ2v) is 8.05. The zero-order chi connectivity index (χ0) is 22.5. The fraction of sp³-hybridized carbons (Fsp3) is 0.280. The van der Waals surface area contributed by atoms with Crippen LogP contribution in [0.1, 0.15) is 35.6 Å². The van der Waals surface area contributed by atoms with Crippen LogP contribution < -0.4 is 15.4 Å². The third-order valence-corrected chi connectivity index (χ3v) is 5.63. The summed E-state index contributed by atoms with van der Waals surface area (Å²) in [6.07, 6.45) is 1.39. The molecular formula is C25H26FN3O3. The van der Waals surface area contributed by atoms with Gasteiger partial charge in [-0.15, -0.1) is 0 Å². The Kier molecular flexibility index (Phi) is 6.66. The van der Waals surface area contributed by atoms with Gasteiger partial charge in [0.1, 0.15) is 11.9 Å². The van der Waals surface area contributed by atoms with E-state index >= 15 is 0 Å². The molecule has 0 saturated heterocycles. The van der Waals surface area contributed by atoms with Gasteiger partial charge in [0, 0.05) is 12.7 Å². The summed E-state index contributed by atoms with van der Waals surface area (Å²) in [7, 11) is 0. The lowest BCUT2D eigenvalue weighted by molar-refractivity contribution is -0.136. The van der Waals surface area contributed by atoms with Gasteiger partial charge in [0.2, 0.25) is 5.88 Å². The van der Waals surface area contributed by atoms with E-state index in [-0.39, 0.29) is 30.3 Å². The molecule has 3 aromatic rings. The molecule has 4 rings (SSSR count). The van der Waals surface area contributed by atoms with Gasteiger partial charge in [0.25, 0.3) is 0 Å². The molecule has 0 fully saturated rings. The first-order chi connectivity index (χ1) is 15.5. The van der Waals surface area contributed by atoms with Crippen molar-refractivity contribution in [3.05, 3.63) is 89.4 Å². The highest BCUT2D eigenvalue weighted by Crippen LogP contribution is 2.31. The molecule has 0 radical (unpaired) electrons. The molecule has 3 N–H and O–H groups in total. The molecule has 0 amide bonds. The molecule has 7 heteroatoms. The Hall–Kier alpha value is -3.45. The van der Waals surface area contributed by atoms with Crippen molar-refractivity contribution in [2.24, 2.45) is 0 Å². The number of carboxylic acid groups (broad SMARTS) is 1. The first-order valence-corrected chi connectivity index (χ1v) is 10.6. The number of hydrogen-bond acceptors (Lipinski definition) is 5. The van der Waals surface area contributed by atoms with Crippen molar-refractivity contribution in [1.82, 2.24) is 10.3 Å². The van der Waals surface area contributed by atoms with Gasteiger partial charge in [-0.05, 0) is 46.9 Å². The Balaban J connectivity index is 1.52. The average Bonchev–Trinajstić information content (AvgIpc) is 2.79. The fourth-order valence-corrected chi connectivity index (χ4v) is 3.97. The molecule has 32 heavy (non-hydrogen) atoms. The molecule has 1 aromatic heterocycles. The van der Waals surface area contributed by atoms with Gasteiger partial charge in [-0.1, -0.05) is 43.3 Å². The van der Waals surface area contributed by atoms with E-state index in [1.807, 2.05) is 42.5 Å². The van der Waals surface area contributed by atoms with Gasteiger partial charge in [0.05, 0.1) is 24.7 Å². The minimum atomic E-state index is -0.852. The molecule has 0 unspecified atom stereocenters. The van der Waals surface area contributed by atoms with Crippen LogP contribution in [0.5, 0.6) is 5.88 Å². The standard InChI is InChI=1S/C25H26FN3O3/c1-16(18-6-2-5-17(11-18)12-23(30)31)14-29-24(19-7-3-8-20(26)13-19)22-15-28-21-9-4-10-27-25(21)32-22/h2-11,13,16,22,24,28-29H,12,14-15H2,1H3,(H,30,31)/t16-,22+,24+/m0/s1. The second-order valence-electron chi connectivity index (χ2n) is 8.05. The molecular weight excluding hydrogens is 409 g/mol. The Bertz CT molecular complexity index is 1090. The number of nitrogens with zero attached hydrogens (tertiary/aromatic N) is 1. The number of nitrogens with one attached hydrogen (secondary N) is 2. The molecule has 1 aliphatic rings. The summed E-state index contributed by atoms with van der Waals surface area (Å²) in [5.74, 6) is -0.510. The smallest absolute Gasteiger partial charge is 0.307 e. The van der Waals surface area contributed by atoms with Crippen molar-refractivity contribution in [3.8, 4) is 5.88 Å². The fourth-order valence-electron chi connectivity index (χ4n) is 3.97. The van der Waals surface area contributed by atoms with Crippen LogP contribution in [0.3, 0.4) is 0 Å². The Morgan fingerprint density at radius 2 is 2.03 bits per heavy atom. The lowest BCUT2D eigenvalue weighted by Crippen LogP contribution is -2.43. The van der Waals surface area contributed by atoms with E-state index in [4.69, 9.17) is 9.84 Å². The van der Waals surface area contributed by atoms with E-state index in [9.17, 15) is 9.18 Å². The van der Waals surface area contributed by atoms with Crippen molar-refractivity contribution in [1.29, 1.82) is 0 Å².